The first-order valence-corrected chi connectivity index (χ1v) is 10.5. The van der Waals surface area contributed by atoms with Gasteiger partial charge in [-0.05, 0) is 62.3 Å². The maximum Gasteiger partial charge on any atom is 0.264 e. The van der Waals surface area contributed by atoms with Gasteiger partial charge in [-0.3, -0.25) is 14.8 Å². The van der Waals surface area contributed by atoms with Crippen LogP contribution in [0.15, 0.2) is 21.3 Å². The van der Waals surface area contributed by atoms with E-state index in [1.807, 2.05) is 30.8 Å². The molecule has 4 rings (SSSR count). The maximum atomic E-state index is 12.3. The summed E-state index contributed by atoms with van der Waals surface area (Å²) >= 11 is 1.35. The number of aromatic nitrogens is 2. The van der Waals surface area contributed by atoms with Crippen LogP contribution in [0.25, 0.3) is 6.08 Å². The maximum absolute atomic E-state index is 12.3. The summed E-state index contributed by atoms with van der Waals surface area (Å²) in [7, 11) is 0. The van der Waals surface area contributed by atoms with Crippen LogP contribution in [-0.2, 0) is 11.3 Å². The van der Waals surface area contributed by atoms with E-state index in [1.165, 1.54) is 30.3 Å². The number of hydrogen-bond donors (Lipinski definition) is 1. The second-order valence-electron chi connectivity index (χ2n) is 8.54. The number of aryl methyl sites for hydroxylation is 2. The van der Waals surface area contributed by atoms with E-state index in [-0.39, 0.29) is 16.7 Å². The highest BCUT2D eigenvalue weighted by molar-refractivity contribution is 8.18. The zero-order valence-corrected chi connectivity index (χ0v) is 17.5. The van der Waals surface area contributed by atoms with E-state index < -0.39 is 0 Å². The zero-order valence-electron chi connectivity index (χ0n) is 16.7. The van der Waals surface area contributed by atoms with Crippen LogP contribution in [0.3, 0.4) is 0 Å². The molecule has 2 heterocycles. The quantitative estimate of drug-likeness (QED) is 0.632. The lowest BCUT2D eigenvalue weighted by molar-refractivity contribution is -0.115. The van der Waals surface area contributed by atoms with E-state index in [2.05, 4.69) is 41.4 Å². The molecule has 6 nitrogen and oxygen atoms in total. The van der Waals surface area contributed by atoms with Gasteiger partial charge in [0.15, 0.2) is 5.17 Å². The number of carbonyl (C=O) groups is 1. The number of hydrogen-bond acceptors (Lipinski definition) is 5. The molecule has 1 aromatic heterocycles. The monoisotopic (exact) mass is 385 g/mol. The molecule has 1 N–H and O–H groups in total. The van der Waals surface area contributed by atoms with Crippen molar-refractivity contribution in [3.63, 3.8) is 0 Å². The number of fused-ring (bicyclic) bond motifs is 2. The SMILES string of the molecule is CCn1cc(/C=C2/S/C(=N/N=C3\CC4CCC3(C)C4(C)C)NC2=O)c(C)n1. The van der Waals surface area contributed by atoms with Crippen molar-refractivity contribution in [2.24, 2.45) is 27.0 Å². The van der Waals surface area contributed by atoms with Crippen LogP contribution in [0.2, 0.25) is 0 Å². The second-order valence-corrected chi connectivity index (χ2v) is 9.57. The molecule has 3 fully saturated rings. The third-order valence-corrected chi connectivity index (χ3v) is 7.92. The van der Waals surface area contributed by atoms with Gasteiger partial charge >= 0.3 is 0 Å². The predicted octanol–water partition coefficient (Wildman–Crippen LogP) is 3.97. The third-order valence-electron chi connectivity index (χ3n) is 7.02. The minimum Gasteiger partial charge on any atom is -0.299 e. The van der Waals surface area contributed by atoms with Gasteiger partial charge in [0.1, 0.15) is 0 Å². The van der Waals surface area contributed by atoms with Crippen molar-refractivity contribution in [1.82, 2.24) is 15.1 Å². The van der Waals surface area contributed by atoms with Crippen molar-refractivity contribution in [1.29, 1.82) is 0 Å². The summed E-state index contributed by atoms with van der Waals surface area (Å²) in [5, 5.41) is 16.8. The van der Waals surface area contributed by atoms with Crippen LogP contribution in [-0.4, -0.2) is 26.6 Å². The number of rotatable bonds is 3. The topological polar surface area (TPSA) is 71.6 Å². The molecule has 2 bridgehead atoms. The number of thioether (sulfide) groups is 1. The lowest BCUT2D eigenvalue weighted by Gasteiger charge is -2.34. The van der Waals surface area contributed by atoms with Crippen LogP contribution < -0.4 is 5.32 Å². The van der Waals surface area contributed by atoms with E-state index >= 15 is 0 Å². The third kappa shape index (κ3) is 2.87. The van der Waals surface area contributed by atoms with Crippen molar-refractivity contribution in [3.05, 3.63) is 22.4 Å². The Morgan fingerprint density at radius 3 is 2.78 bits per heavy atom. The molecular weight excluding hydrogens is 358 g/mol. The van der Waals surface area contributed by atoms with Crippen LogP contribution in [0, 0.1) is 23.7 Å². The molecule has 7 heteroatoms. The molecular formula is C20H27N5OS. The fourth-order valence-electron chi connectivity index (χ4n) is 4.64. The Balaban J connectivity index is 1.54. The van der Waals surface area contributed by atoms with Crippen molar-refractivity contribution >= 4 is 34.6 Å². The van der Waals surface area contributed by atoms with Gasteiger partial charge in [-0.15, -0.1) is 5.10 Å². The Bertz CT molecular complexity index is 894. The normalized spacial score (nSPS) is 33.6. The molecule has 2 atom stereocenters. The Hall–Kier alpha value is -1.89. The minimum absolute atomic E-state index is 0.123. The minimum atomic E-state index is -0.123. The summed E-state index contributed by atoms with van der Waals surface area (Å²) in [6.45, 7) is 11.8. The zero-order chi connectivity index (χ0) is 19.4. The molecule has 0 aromatic carbocycles. The van der Waals surface area contributed by atoms with Gasteiger partial charge in [0, 0.05) is 29.4 Å². The average molecular weight is 386 g/mol. The summed E-state index contributed by atoms with van der Waals surface area (Å²) in [5.74, 6) is 0.572. The van der Waals surface area contributed by atoms with Gasteiger partial charge in [0.25, 0.3) is 5.91 Å². The first-order valence-electron chi connectivity index (χ1n) is 9.64. The number of amidine groups is 1. The highest BCUT2D eigenvalue weighted by Gasteiger charge is 2.60. The highest BCUT2D eigenvalue weighted by Crippen LogP contribution is 2.64. The summed E-state index contributed by atoms with van der Waals surface area (Å²) in [6, 6.07) is 0. The van der Waals surface area contributed by atoms with Gasteiger partial charge in [-0.1, -0.05) is 20.8 Å². The van der Waals surface area contributed by atoms with Crippen LogP contribution in [0.5, 0.6) is 0 Å². The molecule has 1 amide bonds. The van der Waals surface area contributed by atoms with E-state index in [4.69, 9.17) is 0 Å². The molecule has 0 spiro atoms. The van der Waals surface area contributed by atoms with Crippen LogP contribution in [0.1, 0.15) is 58.2 Å². The highest BCUT2D eigenvalue weighted by atomic mass is 32.2. The first-order chi connectivity index (χ1) is 12.7. The smallest absolute Gasteiger partial charge is 0.264 e. The molecule has 1 saturated heterocycles. The molecule has 2 aliphatic carbocycles. The van der Waals surface area contributed by atoms with Gasteiger partial charge < -0.3 is 0 Å². The Labute approximate surface area is 164 Å². The molecule has 144 valence electrons. The molecule has 0 radical (unpaired) electrons. The molecule has 2 unspecified atom stereocenters. The fraction of sp³-hybridized carbons (Fsp3) is 0.600. The summed E-state index contributed by atoms with van der Waals surface area (Å²) in [4.78, 5) is 12.9. The van der Waals surface area contributed by atoms with Crippen molar-refractivity contribution in [2.75, 3.05) is 0 Å². The van der Waals surface area contributed by atoms with Gasteiger partial charge in [0.05, 0.1) is 10.6 Å². The summed E-state index contributed by atoms with van der Waals surface area (Å²) in [5.41, 5.74) is 3.47. The van der Waals surface area contributed by atoms with Crippen molar-refractivity contribution < 1.29 is 4.79 Å². The Morgan fingerprint density at radius 2 is 2.19 bits per heavy atom. The number of carbonyl (C=O) groups excluding carboxylic acids is 1. The van der Waals surface area contributed by atoms with Gasteiger partial charge in [0.2, 0.25) is 0 Å². The van der Waals surface area contributed by atoms with Gasteiger partial charge in [-0.2, -0.15) is 10.2 Å². The molecule has 2 saturated carbocycles. The molecule has 3 aliphatic rings. The number of amides is 1. The van der Waals surface area contributed by atoms with E-state index in [1.54, 1.807) is 0 Å². The van der Waals surface area contributed by atoms with E-state index in [0.29, 0.717) is 16.0 Å². The number of nitrogens with zero attached hydrogens (tertiary/aromatic N) is 4. The van der Waals surface area contributed by atoms with Crippen LogP contribution in [0.4, 0.5) is 0 Å². The molecule has 1 aliphatic heterocycles. The van der Waals surface area contributed by atoms with E-state index in [9.17, 15) is 4.79 Å². The standard InChI is InChI=1S/C20H27N5OS/c1-6-25-11-13(12(2)24-25)9-15-17(26)21-18(27-15)23-22-16-10-14-7-8-20(16,5)19(14,3)4/h9,11,14H,6-8,10H2,1-5H3,(H,21,23,26)/b15-9+,22-16+. The lowest BCUT2D eigenvalue weighted by Crippen LogP contribution is -2.32. The summed E-state index contributed by atoms with van der Waals surface area (Å²) in [6.07, 6.45) is 7.33. The van der Waals surface area contributed by atoms with E-state index in [0.717, 1.165) is 24.2 Å². The average Bonchev–Trinajstić information content (AvgIpc) is 3.27. The van der Waals surface area contributed by atoms with Gasteiger partial charge in [-0.25, -0.2) is 0 Å². The summed E-state index contributed by atoms with van der Waals surface area (Å²) < 4.78 is 1.87. The first kappa shape index (κ1) is 18.5. The Morgan fingerprint density at radius 1 is 1.41 bits per heavy atom. The fourth-order valence-corrected chi connectivity index (χ4v) is 5.40. The second kappa shape index (κ2) is 6.33. The van der Waals surface area contributed by atoms with Crippen LogP contribution >= 0.6 is 11.8 Å². The molecule has 27 heavy (non-hydrogen) atoms. The Kier molecular flexibility index (Phi) is 4.33. The largest absolute Gasteiger partial charge is 0.299 e. The molecule has 1 aromatic rings. The van der Waals surface area contributed by atoms with Crippen molar-refractivity contribution in [2.45, 2.75) is 60.4 Å². The number of nitrogens with one attached hydrogen (secondary N) is 1. The van der Waals surface area contributed by atoms with Crippen molar-refractivity contribution in [3.8, 4) is 0 Å². The predicted molar refractivity (Wildman–Crippen MR) is 110 cm³/mol. The lowest BCUT2D eigenvalue weighted by atomic mass is 9.70.